The van der Waals surface area contributed by atoms with E-state index in [-0.39, 0.29) is 17.7 Å². The van der Waals surface area contributed by atoms with Crippen molar-refractivity contribution >= 4 is 34.3 Å². The summed E-state index contributed by atoms with van der Waals surface area (Å²) in [4.78, 5) is 15.5. The van der Waals surface area contributed by atoms with Crippen LogP contribution in [-0.4, -0.2) is 26.4 Å². The van der Waals surface area contributed by atoms with Crippen molar-refractivity contribution in [3.05, 3.63) is 106 Å². The van der Waals surface area contributed by atoms with Crippen molar-refractivity contribution in [2.24, 2.45) is 5.10 Å². The van der Waals surface area contributed by atoms with Crippen LogP contribution >= 0.6 is 22.7 Å². The standard InChI is InChI=1S/C25H18N4O2S2/c30-25(21-9-4-12-31-21)29-20(15-19(26-29)22-10-5-13-32-22)18-16-28(17-7-2-1-3-8-17)27-24(18)23-11-6-14-33-23/h1-14,16,20H,15H2/t20-/m0/s1. The third-order valence-electron chi connectivity index (χ3n) is 5.53. The molecule has 0 fully saturated rings. The number of thiophene rings is 2. The largest absolute Gasteiger partial charge is 0.459 e. The zero-order valence-electron chi connectivity index (χ0n) is 17.4. The average Bonchev–Trinajstić information content (AvgIpc) is 3.69. The Balaban J connectivity index is 1.48. The van der Waals surface area contributed by atoms with Gasteiger partial charge in [0.2, 0.25) is 0 Å². The third-order valence-corrected chi connectivity index (χ3v) is 7.33. The first kappa shape index (κ1) is 19.9. The van der Waals surface area contributed by atoms with Gasteiger partial charge in [-0.25, -0.2) is 9.69 Å². The van der Waals surface area contributed by atoms with E-state index in [4.69, 9.17) is 14.6 Å². The Hall–Kier alpha value is -3.75. The van der Waals surface area contributed by atoms with Gasteiger partial charge in [0.05, 0.1) is 33.5 Å². The van der Waals surface area contributed by atoms with Crippen LogP contribution in [0.3, 0.4) is 0 Å². The summed E-state index contributed by atoms with van der Waals surface area (Å²) in [5, 5.41) is 15.3. The van der Waals surface area contributed by atoms with Crippen LogP contribution in [0, 0.1) is 0 Å². The number of para-hydroxylation sites is 1. The molecule has 0 unspecified atom stereocenters. The van der Waals surface area contributed by atoms with E-state index in [0.29, 0.717) is 6.42 Å². The number of rotatable bonds is 5. The Bertz CT molecular complexity index is 1400. The maximum absolute atomic E-state index is 13.4. The zero-order chi connectivity index (χ0) is 22.2. The summed E-state index contributed by atoms with van der Waals surface area (Å²) in [6.07, 6.45) is 4.13. The molecule has 0 aliphatic carbocycles. The van der Waals surface area contributed by atoms with Crippen molar-refractivity contribution in [1.29, 1.82) is 0 Å². The summed E-state index contributed by atoms with van der Waals surface area (Å²) in [5.41, 5.74) is 3.66. The van der Waals surface area contributed by atoms with Crippen LogP contribution in [0.1, 0.15) is 33.5 Å². The number of benzene rings is 1. The lowest BCUT2D eigenvalue weighted by Gasteiger charge is -2.20. The minimum absolute atomic E-state index is 0.263. The van der Waals surface area contributed by atoms with Crippen LogP contribution in [0.5, 0.6) is 0 Å². The van der Waals surface area contributed by atoms with Gasteiger partial charge in [-0.15, -0.1) is 22.7 Å². The number of furan rings is 1. The second-order valence-corrected chi connectivity index (χ2v) is 9.46. The lowest BCUT2D eigenvalue weighted by atomic mass is 10.0. The normalized spacial score (nSPS) is 15.7. The molecule has 5 aromatic rings. The van der Waals surface area contributed by atoms with Crippen molar-refractivity contribution in [2.45, 2.75) is 12.5 Å². The number of nitrogens with zero attached hydrogens (tertiary/aromatic N) is 4. The molecule has 1 amide bonds. The van der Waals surface area contributed by atoms with Gasteiger partial charge in [0.25, 0.3) is 0 Å². The Morgan fingerprint density at radius 1 is 0.939 bits per heavy atom. The molecule has 0 bridgehead atoms. The number of amides is 1. The molecule has 0 N–H and O–H groups in total. The molecule has 0 spiro atoms. The molecular weight excluding hydrogens is 452 g/mol. The van der Waals surface area contributed by atoms with Gasteiger partial charge in [0.1, 0.15) is 5.69 Å². The Labute approximate surface area is 198 Å². The number of hydrogen-bond donors (Lipinski definition) is 0. The molecule has 6 nitrogen and oxygen atoms in total. The van der Waals surface area contributed by atoms with Crippen molar-refractivity contribution in [2.75, 3.05) is 0 Å². The molecule has 5 heterocycles. The van der Waals surface area contributed by atoms with Gasteiger partial charge in [0, 0.05) is 18.2 Å². The van der Waals surface area contributed by atoms with Crippen LogP contribution in [-0.2, 0) is 0 Å². The van der Waals surface area contributed by atoms with Gasteiger partial charge in [-0.3, -0.25) is 4.79 Å². The first-order chi connectivity index (χ1) is 16.3. The third kappa shape index (κ3) is 3.63. The highest BCUT2D eigenvalue weighted by atomic mass is 32.1. The predicted molar refractivity (Wildman–Crippen MR) is 130 cm³/mol. The lowest BCUT2D eigenvalue weighted by Crippen LogP contribution is -2.26. The lowest BCUT2D eigenvalue weighted by molar-refractivity contribution is 0.0679. The van der Waals surface area contributed by atoms with Crippen molar-refractivity contribution in [3.63, 3.8) is 0 Å². The van der Waals surface area contributed by atoms with Gasteiger partial charge >= 0.3 is 5.91 Å². The average molecular weight is 471 g/mol. The summed E-state index contributed by atoms with van der Waals surface area (Å²) in [6.45, 7) is 0. The van der Waals surface area contributed by atoms with Gasteiger partial charge in [-0.2, -0.15) is 10.2 Å². The predicted octanol–water partition coefficient (Wildman–Crippen LogP) is 6.25. The van der Waals surface area contributed by atoms with Gasteiger partial charge in [-0.05, 0) is 47.2 Å². The second-order valence-electron chi connectivity index (χ2n) is 7.56. The van der Waals surface area contributed by atoms with Crippen molar-refractivity contribution < 1.29 is 9.21 Å². The molecule has 4 aromatic heterocycles. The second kappa shape index (κ2) is 8.31. The molecule has 0 saturated carbocycles. The number of hydrazone groups is 1. The van der Waals surface area contributed by atoms with Gasteiger partial charge < -0.3 is 4.42 Å². The Morgan fingerprint density at radius 2 is 1.73 bits per heavy atom. The van der Waals surface area contributed by atoms with E-state index in [0.717, 1.165) is 32.4 Å². The van der Waals surface area contributed by atoms with E-state index in [2.05, 4.69) is 6.07 Å². The number of aromatic nitrogens is 2. The molecule has 0 radical (unpaired) electrons. The van der Waals surface area contributed by atoms with E-state index >= 15 is 0 Å². The fourth-order valence-electron chi connectivity index (χ4n) is 3.99. The molecule has 1 aromatic carbocycles. The van der Waals surface area contributed by atoms with E-state index in [1.165, 1.54) is 6.26 Å². The summed E-state index contributed by atoms with van der Waals surface area (Å²) in [6, 6.07) is 21.2. The van der Waals surface area contributed by atoms with Gasteiger partial charge in [0.15, 0.2) is 5.76 Å². The van der Waals surface area contributed by atoms with Crippen LogP contribution in [0.15, 0.2) is 99.5 Å². The number of carbonyl (C=O) groups is 1. The smallest absolute Gasteiger partial charge is 0.310 e. The fraction of sp³-hybridized carbons (Fsp3) is 0.0800. The molecule has 1 aliphatic heterocycles. The topological polar surface area (TPSA) is 63.6 Å². The molecule has 162 valence electrons. The number of carbonyl (C=O) groups excluding carboxylic acids is 1. The van der Waals surface area contributed by atoms with E-state index in [1.54, 1.807) is 39.8 Å². The fourth-order valence-corrected chi connectivity index (χ4v) is 5.45. The SMILES string of the molecule is O=C(c1ccco1)N1N=C(c2cccs2)C[C@H]1c1cn(-c2ccccc2)nc1-c1cccs1. The Kier molecular flexibility index (Phi) is 5.01. The quantitative estimate of drug-likeness (QED) is 0.305. The monoisotopic (exact) mass is 470 g/mol. The Morgan fingerprint density at radius 3 is 2.42 bits per heavy atom. The van der Waals surface area contributed by atoms with Gasteiger partial charge in [-0.1, -0.05) is 30.3 Å². The molecular formula is C25H18N4O2S2. The summed E-state index contributed by atoms with van der Waals surface area (Å²) < 4.78 is 7.30. The first-order valence-electron chi connectivity index (χ1n) is 10.5. The van der Waals surface area contributed by atoms with Crippen LogP contribution in [0.25, 0.3) is 16.3 Å². The van der Waals surface area contributed by atoms with E-state index in [9.17, 15) is 4.79 Å². The molecule has 6 rings (SSSR count). The number of hydrogen-bond acceptors (Lipinski definition) is 6. The molecule has 1 aliphatic rings. The van der Waals surface area contributed by atoms with Crippen LogP contribution in [0.2, 0.25) is 0 Å². The summed E-state index contributed by atoms with van der Waals surface area (Å²) in [5.74, 6) is 0.00505. The summed E-state index contributed by atoms with van der Waals surface area (Å²) in [7, 11) is 0. The highest BCUT2D eigenvalue weighted by Crippen LogP contribution is 2.40. The highest BCUT2D eigenvalue weighted by molar-refractivity contribution is 7.13. The molecule has 0 saturated heterocycles. The highest BCUT2D eigenvalue weighted by Gasteiger charge is 2.37. The molecule has 33 heavy (non-hydrogen) atoms. The van der Waals surface area contributed by atoms with Crippen molar-refractivity contribution in [3.8, 4) is 16.3 Å². The maximum Gasteiger partial charge on any atom is 0.310 e. The first-order valence-corrected chi connectivity index (χ1v) is 12.2. The minimum atomic E-state index is -0.297. The zero-order valence-corrected chi connectivity index (χ0v) is 19.0. The molecule has 8 heteroatoms. The minimum Gasteiger partial charge on any atom is -0.459 e. The molecule has 1 atom stereocenters. The summed E-state index contributed by atoms with van der Waals surface area (Å²) >= 11 is 3.25. The van der Waals surface area contributed by atoms with Crippen molar-refractivity contribution in [1.82, 2.24) is 14.8 Å². The van der Waals surface area contributed by atoms with E-state index < -0.39 is 0 Å². The van der Waals surface area contributed by atoms with Crippen LogP contribution in [0.4, 0.5) is 0 Å². The van der Waals surface area contributed by atoms with E-state index in [1.807, 2.05) is 70.2 Å². The maximum atomic E-state index is 13.4. The van der Waals surface area contributed by atoms with Crippen LogP contribution < -0.4 is 0 Å².